The topological polar surface area (TPSA) is 55.1 Å². The molecule has 1 N–H and O–H groups in total. The molecule has 0 spiro atoms. The number of halogens is 2. The summed E-state index contributed by atoms with van der Waals surface area (Å²) in [5, 5.41) is 5.75. The first-order chi connectivity index (χ1) is 12.0. The van der Waals surface area contributed by atoms with E-state index >= 15 is 0 Å². The summed E-state index contributed by atoms with van der Waals surface area (Å²) in [6.45, 7) is 1.72. The van der Waals surface area contributed by atoms with Gasteiger partial charge in [0.05, 0.1) is 0 Å². The summed E-state index contributed by atoms with van der Waals surface area (Å²) >= 11 is 1.12. The summed E-state index contributed by atoms with van der Waals surface area (Å²) in [5.74, 6) is -1.35. The van der Waals surface area contributed by atoms with Crippen molar-refractivity contribution in [2.24, 2.45) is 0 Å². The number of anilines is 1. The highest BCUT2D eigenvalue weighted by Crippen LogP contribution is 2.36. The molecule has 0 aliphatic rings. The standard InChI is InChI=1S/C18H14F2N2O2S/c1-11-9-16(22-24-11)21-18(23)17(12-5-3-2-4-6-12)25-13-7-8-14(19)15(20)10-13/h2-10,17H,1H3,(H,21,22,23). The first kappa shape index (κ1) is 17.2. The summed E-state index contributed by atoms with van der Waals surface area (Å²) in [6, 6.07) is 14.2. The van der Waals surface area contributed by atoms with Gasteiger partial charge in [-0.1, -0.05) is 35.5 Å². The molecule has 1 unspecified atom stereocenters. The van der Waals surface area contributed by atoms with Crippen LogP contribution in [0.3, 0.4) is 0 Å². The Morgan fingerprint density at radius 3 is 2.52 bits per heavy atom. The molecule has 0 fully saturated rings. The normalized spacial score (nSPS) is 12.0. The molecule has 0 saturated carbocycles. The summed E-state index contributed by atoms with van der Waals surface area (Å²) in [4.78, 5) is 13.1. The number of aryl methyl sites for hydroxylation is 1. The number of aromatic nitrogens is 1. The molecule has 0 radical (unpaired) electrons. The molecule has 128 valence electrons. The number of benzene rings is 2. The number of hydrogen-bond acceptors (Lipinski definition) is 4. The largest absolute Gasteiger partial charge is 0.360 e. The fraction of sp³-hybridized carbons (Fsp3) is 0.111. The molecule has 1 heterocycles. The number of carbonyl (C=O) groups is 1. The van der Waals surface area contributed by atoms with Crippen molar-refractivity contribution in [2.75, 3.05) is 5.32 Å². The number of hydrogen-bond donors (Lipinski definition) is 1. The Morgan fingerprint density at radius 2 is 1.88 bits per heavy atom. The van der Waals surface area contributed by atoms with Crippen molar-refractivity contribution in [3.8, 4) is 0 Å². The van der Waals surface area contributed by atoms with Gasteiger partial charge in [0.25, 0.3) is 0 Å². The average Bonchev–Trinajstić information content (AvgIpc) is 3.01. The van der Waals surface area contributed by atoms with E-state index in [9.17, 15) is 13.6 Å². The molecule has 7 heteroatoms. The zero-order valence-electron chi connectivity index (χ0n) is 13.2. The van der Waals surface area contributed by atoms with Gasteiger partial charge in [-0.3, -0.25) is 4.79 Å². The van der Waals surface area contributed by atoms with E-state index in [-0.39, 0.29) is 5.91 Å². The van der Waals surface area contributed by atoms with Gasteiger partial charge in [0.2, 0.25) is 5.91 Å². The number of nitrogens with zero attached hydrogens (tertiary/aromatic N) is 1. The monoisotopic (exact) mass is 360 g/mol. The molecule has 2 aromatic carbocycles. The smallest absolute Gasteiger partial charge is 0.243 e. The molecule has 0 aliphatic heterocycles. The van der Waals surface area contributed by atoms with Crippen molar-refractivity contribution >= 4 is 23.5 Å². The third-order valence-corrected chi connectivity index (χ3v) is 4.61. The maximum Gasteiger partial charge on any atom is 0.243 e. The van der Waals surface area contributed by atoms with Crippen molar-refractivity contribution in [1.29, 1.82) is 0 Å². The lowest BCUT2D eigenvalue weighted by Gasteiger charge is -2.16. The summed E-state index contributed by atoms with van der Waals surface area (Å²) in [5.41, 5.74) is 0.731. The average molecular weight is 360 g/mol. The zero-order chi connectivity index (χ0) is 17.8. The fourth-order valence-corrected chi connectivity index (χ4v) is 3.25. The Hall–Kier alpha value is -2.67. The van der Waals surface area contributed by atoms with E-state index in [1.807, 2.05) is 18.2 Å². The van der Waals surface area contributed by atoms with Gasteiger partial charge in [-0.15, -0.1) is 11.8 Å². The Balaban J connectivity index is 1.86. The van der Waals surface area contributed by atoms with Crippen LogP contribution < -0.4 is 5.32 Å². The van der Waals surface area contributed by atoms with Crippen LogP contribution in [0.2, 0.25) is 0 Å². The Bertz CT molecular complexity index is 884. The highest BCUT2D eigenvalue weighted by atomic mass is 32.2. The summed E-state index contributed by atoms with van der Waals surface area (Å²) < 4.78 is 31.5. The predicted octanol–water partition coefficient (Wildman–Crippen LogP) is 4.73. The lowest BCUT2D eigenvalue weighted by Crippen LogP contribution is -2.19. The van der Waals surface area contributed by atoms with Crippen LogP contribution in [0.5, 0.6) is 0 Å². The second-order valence-electron chi connectivity index (χ2n) is 5.30. The third kappa shape index (κ3) is 4.24. The number of thioether (sulfide) groups is 1. The summed E-state index contributed by atoms with van der Waals surface area (Å²) in [6.07, 6.45) is 0. The molecule has 3 aromatic rings. The van der Waals surface area contributed by atoms with Crippen molar-refractivity contribution in [3.05, 3.63) is 77.6 Å². The minimum Gasteiger partial charge on any atom is -0.360 e. The van der Waals surface area contributed by atoms with E-state index in [0.717, 1.165) is 29.5 Å². The van der Waals surface area contributed by atoms with E-state index in [2.05, 4.69) is 10.5 Å². The van der Waals surface area contributed by atoms with Crippen LogP contribution in [0.1, 0.15) is 16.6 Å². The van der Waals surface area contributed by atoms with E-state index in [1.54, 1.807) is 25.1 Å². The zero-order valence-corrected chi connectivity index (χ0v) is 14.0. The maximum atomic E-state index is 13.5. The van der Waals surface area contributed by atoms with Gasteiger partial charge >= 0.3 is 0 Å². The molecule has 0 aliphatic carbocycles. The number of nitrogens with one attached hydrogen (secondary N) is 1. The molecular formula is C18H14F2N2O2S. The van der Waals surface area contributed by atoms with Gasteiger partial charge in [-0.2, -0.15) is 0 Å². The maximum absolute atomic E-state index is 13.5. The second kappa shape index (κ2) is 7.48. The first-order valence-electron chi connectivity index (χ1n) is 7.44. The van der Waals surface area contributed by atoms with Crippen LogP contribution >= 0.6 is 11.8 Å². The van der Waals surface area contributed by atoms with Gasteiger partial charge in [0.1, 0.15) is 11.0 Å². The first-order valence-corrected chi connectivity index (χ1v) is 8.32. The SMILES string of the molecule is Cc1cc(NC(=O)C(Sc2ccc(F)c(F)c2)c2ccccc2)no1. The highest BCUT2D eigenvalue weighted by Gasteiger charge is 2.23. The molecule has 4 nitrogen and oxygen atoms in total. The van der Waals surface area contributed by atoms with Crippen LogP contribution in [-0.2, 0) is 4.79 Å². The molecule has 1 atom stereocenters. The fourth-order valence-electron chi connectivity index (χ4n) is 2.20. The van der Waals surface area contributed by atoms with Gasteiger partial charge in [0, 0.05) is 11.0 Å². The van der Waals surface area contributed by atoms with Crippen LogP contribution in [0.25, 0.3) is 0 Å². The van der Waals surface area contributed by atoms with Crippen LogP contribution in [0, 0.1) is 18.6 Å². The Morgan fingerprint density at radius 1 is 1.12 bits per heavy atom. The molecule has 1 aromatic heterocycles. The van der Waals surface area contributed by atoms with Gasteiger partial charge in [0.15, 0.2) is 17.5 Å². The minimum atomic E-state index is -0.954. The Kier molecular flexibility index (Phi) is 5.14. The molecule has 0 saturated heterocycles. The molecular weight excluding hydrogens is 346 g/mol. The van der Waals surface area contributed by atoms with E-state index in [4.69, 9.17) is 4.52 Å². The van der Waals surface area contributed by atoms with E-state index < -0.39 is 16.9 Å². The second-order valence-corrected chi connectivity index (χ2v) is 6.48. The lowest BCUT2D eigenvalue weighted by molar-refractivity contribution is -0.115. The van der Waals surface area contributed by atoms with Gasteiger partial charge < -0.3 is 9.84 Å². The highest BCUT2D eigenvalue weighted by molar-refractivity contribution is 8.00. The minimum absolute atomic E-state index is 0.300. The van der Waals surface area contributed by atoms with Crippen molar-refractivity contribution in [2.45, 2.75) is 17.1 Å². The lowest BCUT2D eigenvalue weighted by atomic mass is 10.1. The van der Waals surface area contributed by atoms with Crippen molar-refractivity contribution in [3.63, 3.8) is 0 Å². The van der Waals surface area contributed by atoms with Crippen molar-refractivity contribution in [1.82, 2.24) is 5.16 Å². The molecule has 0 bridgehead atoms. The van der Waals surface area contributed by atoms with E-state index in [1.165, 1.54) is 6.07 Å². The molecule has 3 rings (SSSR count). The van der Waals surface area contributed by atoms with Crippen molar-refractivity contribution < 1.29 is 18.1 Å². The summed E-state index contributed by atoms with van der Waals surface area (Å²) in [7, 11) is 0. The third-order valence-electron chi connectivity index (χ3n) is 3.36. The number of amides is 1. The molecule has 25 heavy (non-hydrogen) atoms. The Labute approximate surface area is 147 Å². The number of carbonyl (C=O) groups excluding carboxylic acids is 1. The quantitative estimate of drug-likeness (QED) is 0.668. The molecule has 1 amide bonds. The van der Waals surface area contributed by atoms with Crippen LogP contribution in [-0.4, -0.2) is 11.1 Å². The van der Waals surface area contributed by atoms with Crippen LogP contribution in [0.4, 0.5) is 14.6 Å². The van der Waals surface area contributed by atoms with Crippen LogP contribution in [0.15, 0.2) is 64.0 Å². The number of rotatable bonds is 5. The van der Waals surface area contributed by atoms with Gasteiger partial charge in [-0.25, -0.2) is 8.78 Å². The van der Waals surface area contributed by atoms with E-state index in [0.29, 0.717) is 16.5 Å². The van der Waals surface area contributed by atoms with Gasteiger partial charge in [-0.05, 0) is 30.7 Å². The predicted molar refractivity (Wildman–Crippen MR) is 91.3 cm³/mol.